The lowest BCUT2D eigenvalue weighted by atomic mass is 9.99. The second kappa shape index (κ2) is 9.01. The molecule has 2 aliphatic heterocycles. The molecule has 1 aromatic carbocycles. The van der Waals surface area contributed by atoms with Gasteiger partial charge in [-0.25, -0.2) is 9.38 Å². The minimum atomic E-state index is -0.203. The average molecular weight is 441 g/mol. The maximum absolute atomic E-state index is 14.4. The molecule has 3 rings (SSSR count). The molecule has 1 N–H and O–H groups in total. The number of carbonyl (C=O) groups excluding carboxylic acids is 1. The van der Waals surface area contributed by atoms with E-state index in [1.54, 1.807) is 20.2 Å². The third kappa shape index (κ3) is 4.99. The summed E-state index contributed by atoms with van der Waals surface area (Å²) in [5.74, 6) is 0.820. The molecule has 6 nitrogen and oxygen atoms in total. The molecule has 1 amide bonds. The Morgan fingerprint density at radius 2 is 2.26 bits per heavy atom. The molecule has 0 bridgehead atoms. The van der Waals surface area contributed by atoms with E-state index in [1.165, 1.54) is 11.0 Å². The van der Waals surface area contributed by atoms with E-state index in [4.69, 9.17) is 4.74 Å². The highest BCUT2D eigenvalue weighted by Gasteiger charge is 2.25. The van der Waals surface area contributed by atoms with Crippen LogP contribution in [0.5, 0.6) is 0 Å². The van der Waals surface area contributed by atoms with Crippen LogP contribution in [0.1, 0.15) is 17.5 Å². The summed E-state index contributed by atoms with van der Waals surface area (Å²) in [6, 6.07) is 3.25. The predicted molar refractivity (Wildman–Crippen MR) is 106 cm³/mol. The molecule has 1 fully saturated rings. The van der Waals surface area contributed by atoms with Gasteiger partial charge in [-0.3, -0.25) is 4.79 Å². The number of likely N-dealkylation sites (N-methyl/N-ethyl adjacent to an activating group) is 1. The largest absolute Gasteiger partial charge is 0.381 e. The Morgan fingerprint density at radius 3 is 2.96 bits per heavy atom. The van der Waals surface area contributed by atoms with Gasteiger partial charge in [0, 0.05) is 56.3 Å². The van der Waals surface area contributed by atoms with Crippen molar-refractivity contribution in [3.05, 3.63) is 33.5 Å². The second-order valence-corrected chi connectivity index (χ2v) is 8.05. The van der Waals surface area contributed by atoms with E-state index in [0.29, 0.717) is 24.0 Å². The molecule has 0 spiro atoms. The van der Waals surface area contributed by atoms with E-state index < -0.39 is 0 Å². The Balaban J connectivity index is 1.75. The summed E-state index contributed by atoms with van der Waals surface area (Å²) in [4.78, 5) is 20.0. The van der Waals surface area contributed by atoms with Gasteiger partial charge in [-0.05, 0) is 30.5 Å². The maximum Gasteiger partial charge on any atom is 0.243 e. The summed E-state index contributed by atoms with van der Waals surface area (Å²) in [6.45, 7) is 3.48. The first kappa shape index (κ1) is 20.1. The van der Waals surface area contributed by atoms with Crippen LogP contribution in [0.25, 0.3) is 0 Å². The summed E-state index contributed by atoms with van der Waals surface area (Å²) >= 11 is 3.52. The highest BCUT2D eigenvalue weighted by Crippen LogP contribution is 2.28. The number of nitrogens with zero attached hydrogens (tertiary/aromatic N) is 3. The summed E-state index contributed by atoms with van der Waals surface area (Å²) < 4.78 is 20.7. The van der Waals surface area contributed by atoms with Crippen molar-refractivity contribution in [3.63, 3.8) is 0 Å². The lowest BCUT2D eigenvalue weighted by molar-refractivity contribution is -0.127. The van der Waals surface area contributed by atoms with Crippen LogP contribution in [-0.2, 0) is 22.5 Å². The normalized spacial score (nSPS) is 19.8. The molecule has 0 radical (unpaired) electrons. The second-order valence-electron chi connectivity index (χ2n) is 7.20. The van der Waals surface area contributed by atoms with Crippen LogP contribution in [0.15, 0.2) is 21.6 Å². The number of ether oxygens (including phenoxy) is 1. The Labute approximate surface area is 167 Å². The zero-order valence-electron chi connectivity index (χ0n) is 15.8. The van der Waals surface area contributed by atoms with Crippen molar-refractivity contribution in [3.8, 4) is 0 Å². The lowest BCUT2D eigenvalue weighted by Crippen LogP contribution is -2.46. The van der Waals surface area contributed by atoms with Crippen molar-refractivity contribution in [2.24, 2.45) is 10.9 Å². The van der Waals surface area contributed by atoms with Crippen molar-refractivity contribution in [1.29, 1.82) is 0 Å². The fourth-order valence-electron chi connectivity index (χ4n) is 3.31. The van der Waals surface area contributed by atoms with Gasteiger partial charge in [-0.2, -0.15) is 0 Å². The van der Waals surface area contributed by atoms with Gasteiger partial charge in [0.1, 0.15) is 12.4 Å². The summed E-state index contributed by atoms with van der Waals surface area (Å²) in [6.07, 6.45) is 1.74. The van der Waals surface area contributed by atoms with Gasteiger partial charge in [0.05, 0.1) is 6.61 Å². The zero-order chi connectivity index (χ0) is 19.4. The number of halogens is 2. The lowest BCUT2D eigenvalue weighted by Gasteiger charge is -2.33. The van der Waals surface area contributed by atoms with E-state index in [9.17, 15) is 9.18 Å². The Bertz CT molecular complexity index is 720. The van der Waals surface area contributed by atoms with E-state index >= 15 is 0 Å². The molecule has 2 aliphatic rings. The highest BCUT2D eigenvalue weighted by atomic mass is 79.9. The molecule has 8 heteroatoms. The fourth-order valence-corrected chi connectivity index (χ4v) is 3.88. The van der Waals surface area contributed by atoms with Gasteiger partial charge >= 0.3 is 0 Å². The van der Waals surface area contributed by atoms with Crippen LogP contribution < -0.4 is 5.32 Å². The quantitative estimate of drug-likeness (QED) is 0.574. The van der Waals surface area contributed by atoms with E-state index in [1.807, 2.05) is 4.90 Å². The number of carbonyl (C=O) groups is 1. The molecule has 1 unspecified atom stereocenters. The Kier molecular flexibility index (Phi) is 6.70. The van der Waals surface area contributed by atoms with Crippen molar-refractivity contribution < 1.29 is 13.9 Å². The minimum Gasteiger partial charge on any atom is -0.381 e. The van der Waals surface area contributed by atoms with Gasteiger partial charge in [-0.1, -0.05) is 15.9 Å². The Morgan fingerprint density at radius 1 is 1.44 bits per heavy atom. The first-order chi connectivity index (χ1) is 13.0. The number of fused-ring (bicyclic) bond motifs is 1. The van der Waals surface area contributed by atoms with Crippen LogP contribution >= 0.6 is 15.9 Å². The third-order valence-corrected chi connectivity index (χ3v) is 5.78. The van der Waals surface area contributed by atoms with Gasteiger partial charge in [-0.15, -0.1) is 0 Å². The molecule has 27 heavy (non-hydrogen) atoms. The topological polar surface area (TPSA) is 57.2 Å². The predicted octanol–water partition coefficient (Wildman–Crippen LogP) is 2.02. The summed E-state index contributed by atoms with van der Waals surface area (Å²) in [7, 11) is 3.43. The minimum absolute atomic E-state index is 0.0650. The zero-order valence-corrected chi connectivity index (χ0v) is 17.4. The number of rotatable bonds is 4. The van der Waals surface area contributed by atoms with Crippen molar-refractivity contribution in [2.45, 2.75) is 19.4 Å². The fraction of sp³-hybridized carbons (Fsp3) is 0.579. The van der Waals surface area contributed by atoms with Crippen LogP contribution in [0, 0.1) is 11.7 Å². The van der Waals surface area contributed by atoms with Gasteiger partial charge in [0.2, 0.25) is 5.91 Å². The van der Waals surface area contributed by atoms with Crippen molar-refractivity contribution >= 4 is 27.8 Å². The summed E-state index contributed by atoms with van der Waals surface area (Å²) in [5.41, 5.74) is 1.70. The number of benzene rings is 1. The third-order valence-electron chi connectivity index (χ3n) is 5.03. The molecule has 1 aromatic rings. The van der Waals surface area contributed by atoms with Crippen LogP contribution in [0.4, 0.5) is 4.39 Å². The molecule has 148 valence electrons. The first-order valence-electron chi connectivity index (χ1n) is 9.22. The van der Waals surface area contributed by atoms with E-state index in [-0.39, 0.29) is 18.3 Å². The number of amides is 1. The van der Waals surface area contributed by atoms with Crippen LogP contribution in [0.3, 0.4) is 0 Å². The van der Waals surface area contributed by atoms with Gasteiger partial charge in [0.15, 0.2) is 5.96 Å². The van der Waals surface area contributed by atoms with Crippen molar-refractivity contribution in [1.82, 2.24) is 15.1 Å². The SMILES string of the molecule is CN(C)C(=O)CN=C(NCC1CCOC1)N1CCc2c(Br)ccc(F)c2C1. The number of hydrogen-bond donors (Lipinski definition) is 1. The number of guanidine groups is 1. The number of aliphatic imine (C=N–C) groups is 1. The molecule has 1 saturated heterocycles. The number of nitrogens with one attached hydrogen (secondary N) is 1. The molecule has 0 aliphatic carbocycles. The highest BCUT2D eigenvalue weighted by molar-refractivity contribution is 9.10. The average Bonchev–Trinajstić information content (AvgIpc) is 3.18. The van der Waals surface area contributed by atoms with Gasteiger partial charge < -0.3 is 19.9 Å². The smallest absolute Gasteiger partial charge is 0.243 e. The molecule has 0 aromatic heterocycles. The first-order valence-corrected chi connectivity index (χ1v) is 10.0. The van der Waals surface area contributed by atoms with Crippen molar-refractivity contribution in [2.75, 3.05) is 46.9 Å². The monoisotopic (exact) mass is 440 g/mol. The van der Waals surface area contributed by atoms with E-state index in [2.05, 4.69) is 26.2 Å². The molecule has 0 saturated carbocycles. The summed E-state index contributed by atoms with van der Waals surface area (Å²) in [5, 5.41) is 3.38. The van der Waals surface area contributed by atoms with Crippen LogP contribution in [0.2, 0.25) is 0 Å². The standard InChI is InChI=1S/C19H26BrFN4O2/c1-24(2)18(26)10-23-19(22-9-13-6-8-27-12-13)25-7-5-14-15(11-25)17(21)4-3-16(14)20/h3-4,13H,5-12H2,1-2H3,(H,22,23). The van der Waals surface area contributed by atoms with Crippen LogP contribution in [-0.4, -0.2) is 68.6 Å². The molecule has 2 heterocycles. The molecular formula is C19H26BrFN4O2. The van der Waals surface area contributed by atoms with Gasteiger partial charge in [0.25, 0.3) is 0 Å². The molecule has 1 atom stereocenters. The maximum atomic E-state index is 14.4. The molecular weight excluding hydrogens is 415 g/mol. The Hall–Kier alpha value is -1.67. The van der Waals surface area contributed by atoms with E-state index in [0.717, 1.165) is 49.2 Å². The number of hydrogen-bond acceptors (Lipinski definition) is 3.